The van der Waals surface area contributed by atoms with Gasteiger partial charge in [0, 0.05) is 10.4 Å². The Balaban J connectivity index is 0.00000109. The Morgan fingerprint density at radius 3 is 1.92 bits per heavy atom. The molecule has 25 heavy (non-hydrogen) atoms. The number of benzene rings is 1. The van der Waals surface area contributed by atoms with E-state index in [4.69, 9.17) is 0 Å². The topological polar surface area (TPSA) is 17.1 Å². The molecule has 136 valence electrons. The van der Waals surface area contributed by atoms with E-state index in [-0.39, 0.29) is 16.6 Å². The molecule has 0 N–H and O–H groups in total. The first kappa shape index (κ1) is 19.9. The van der Waals surface area contributed by atoms with Crippen LogP contribution in [0.3, 0.4) is 0 Å². The molecule has 0 saturated carbocycles. The second-order valence-corrected chi connectivity index (χ2v) is 9.51. The monoisotopic (exact) mass is 356 g/mol. The third kappa shape index (κ3) is 3.74. The van der Waals surface area contributed by atoms with E-state index in [1.165, 1.54) is 28.8 Å². The standard InChI is InChI=1S/C21H26OS.C2H6/c1-13-11-16-17(21(5,6)10-9-20(16,3)4)12-15(13)19(22)18-8-7-14(2)23-18;1-2/h7-8,11-12H,9-10H2,1-6H3;1-2H3. The third-order valence-corrected chi connectivity index (χ3v) is 6.41. The van der Waals surface area contributed by atoms with Crippen molar-refractivity contribution in [1.82, 2.24) is 0 Å². The Morgan fingerprint density at radius 2 is 1.44 bits per heavy atom. The molecule has 3 rings (SSSR count). The fourth-order valence-corrected chi connectivity index (χ4v) is 4.48. The van der Waals surface area contributed by atoms with Crippen LogP contribution in [0, 0.1) is 13.8 Å². The van der Waals surface area contributed by atoms with Crippen molar-refractivity contribution >= 4 is 17.1 Å². The highest BCUT2D eigenvalue weighted by Gasteiger charge is 2.37. The molecular formula is C23H32OS. The first-order valence-corrected chi connectivity index (χ1v) is 10.2. The fraction of sp³-hybridized carbons (Fsp3) is 0.522. The molecule has 0 radical (unpaired) electrons. The Bertz CT molecular complexity index is 777. The Hall–Kier alpha value is -1.41. The van der Waals surface area contributed by atoms with Crippen LogP contribution in [0.4, 0.5) is 0 Å². The summed E-state index contributed by atoms with van der Waals surface area (Å²) in [6.07, 6.45) is 2.37. The van der Waals surface area contributed by atoms with Gasteiger partial charge in [0.05, 0.1) is 4.88 Å². The molecule has 1 nitrogen and oxygen atoms in total. The van der Waals surface area contributed by atoms with Crippen molar-refractivity contribution in [3.05, 3.63) is 56.3 Å². The maximum Gasteiger partial charge on any atom is 0.203 e. The van der Waals surface area contributed by atoms with E-state index in [1.807, 2.05) is 32.9 Å². The molecule has 0 unspecified atom stereocenters. The molecule has 1 aromatic carbocycles. The fourth-order valence-electron chi connectivity index (χ4n) is 3.66. The quantitative estimate of drug-likeness (QED) is 0.531. The van der Waals surface area contributed by atoms with Gasteiger partial charge >= 0.3 is 0 Å². The van der Waals surface area contributed by atoms with Crippen LogP contribution in [-0.4, -0.2) is 5.78 Å². The van der Waals surface area contributed by atoms with E-state index < -0.39 is 0 Å². The van der Waals surface area contributed by atoms with Crippen molar-refractivity contribution in [2.45, 2.75) is 79.1 Å². The van der Waals surface area contributed by atoms with Crippen LogP contribution in [0.5, 0.6) is 0 Å². The van der Waals surface area contributed by atoms with Crippen LogP contribution < -0.4 is 0 Å². The van der Waals surface area contributed by atoms with E-state index in [9.17, 15) is 4.79 Å². The number of thiophene rings is 1. The maximum atomic E-state index is 12.9. The van der Waals surface area contributed by atoms with Crippen LogP contribution in [0.2, 0.25) is 0 Å². The number of aryl methyl sites for hydroxylation is 2. The number of carbonyl (C=O) groups is 1. The lowest BCUT2D eigenvalue weighted by Crippen LogP contribution is -2.34. The predicted octanol–water partition coefficient (Wildman–Crippen LogP) is 6.97. The third-order valence-electron chi connectivity index (χ3n) is 5.41. The summed E-state index contributed by atoms with van der Waals surface area (Å²) in [6.45, 7) is 17.4. The molecule has 0 amide bonds. The van der Waals surface area contributed by atoms with Gasteiger partial charge in [-0.2, -0.15) is 0 Å². The number of rotatable bonds is 2. The van der Waals surface area contributed by atoms with Crippen molar-refractivity contribution in [3.8, 4) is 0 Å². The summed E-state index contributed by atoms with van der Waals surface area (Å²) < 4.78 is 0. The summed E-state index contributed by atoms with van der Waals surface area (Å²) in [4.78, 5) is 15.0. The molecule has 1 aromatic heterocycles. The van der Waals surface area contributed by atoms with Crippen molar-refractivity contribution in [3.63, 3.8) is 0 Å². The van der Waals surface area contributed by atoms with Crippen LogP contribution in [0.1, 0.15) is 91.2 Å². The highest BCUT2D eigenvalue weighted by atomic mass is 32.1. The van der Waals surface area contributed by atoms with Gasteiger partial charge in [-0.05, 0) is 72.4 Å². The number of fused-ring (bicyclic) bond motifs is 1. The van der Waals surface area contributed by atoms with E-state index in [0.717, 1.165) is 16.0 Å². The maximum absolute atomic E-state index is 12.9. The molecule has 0 spiro atoms. The first-order chi connectivity index (χ1) is 11.6. The molecule has 1 heterocycles. The van der Waals surface area contributed by atoms with Crippen molar-refractivity contribution < 1.29 is 4.79 Å². The SMILES string of the molecule is CC.Cc1ccc(C(=O)c2cc3c(cc2C)C(C)(C)CCC3(C)C)s1. The Morgan fingerprint density at radius 1 is 0.920 bits per heavy atom. The van der Waals surface area contributed by atoms with Gasteiger partial charge in [0.1, 0.15) is 0 Å². The van der Waals surface area contributed by atoms with E-state index in [0.29, 0.717) is 0 Å². The van der Waals surface area contributed by atoms with Gasteiger partial charge in [-0.3, -0.25) is 4.79 Å². The Labute approximate surface area is 157 Å². The number of hydrogen-bond acceptors (Lipinski definition) is 2. The summed E-state index contributed by atoms with van der Waals surface area (Å²) in [5, 5.41) is 0. The molecule has 0 fully saturated rings. The zero-order valence-electron chi connectivity index (χ0n) is 17.0. The average molecular weight is 357 g/mol. The van der Waals surface area contributed by atoms with Gasteiger partial charge in [-0.15, -0.1) is 11.3 Å². The second kappa shape index (κ2) is 7.07. The molecule has 0 saturated heterocycles. The minimum atomic E-state index is 0.138. The lowest BCUT2D eigenvalue weighted by Gasteiger charge is -2.42. The van der Waals surface area contributed by atoms with Crippen molar-refractivity contribution in [2.24, 2.45) is 0 Å². The van der Waals surface area contributed by atoms with Crippen LogP contribution >= 0.6 is 11.3 Å². The minimum absolute atomic E-state index is 0.138. The molecule has 2 heteroatoms. The van der Waals surface area contributed by atoms with Crippen molar-refractivity contribution in [1.29, 1.82) is 0 Å². The van der Waals surface area contributed by atoms with Crippen LogP contribution in [0.15, 0.2) is 24.3 Å². The number of carbonyl (C=O) groups excluding carboxylic acids is 1. The predicted molar refractivity (Wildman–Crippen MR) is 110 cm³/mol. The molecule has 0 aliphatic heterocycles. The smallest absolute Gasteiger partial charge is 0.203 e. The van der Waals surface area contributed by atoms with Gasteiger partial charge in [0.15, 0.2) is 0 Å². The van der Waals surface area contributed by atoms with E-state index in [2.05, 4.69) is 46.8 Å². The average Bonchev–Trinajstić information content (AvgIpc) is 2.99. The molecule has 1 aliphatic carbocycles. The summed E-state index contributed by atoms with van der Waals surface area (Å²) in [5.74, 6) is 0.169. The van der Waals surface area contributed by atoms with Gasteiger partial charge in [0.2, 0.25) is 5.78 Å². The zero-order valence-corrected chi connectivity index (χ0v) is 17.9. The van der Waals surface area contributed by atoms with Crippen LogP contribution in [-0.2, 0) is 10.8 Å². The number of hydrogen-bond donors (Lipinski definition) is 0. The first-order valence-electron chi connectivity index (χ1n) is 9.38. The van der Waals surface area contributed by atoms with Gasteiger partial charge < -0.3 is 0 Å². The highest BCUT2D eigenvalue weighted by molar-refractivity contribution is 7.14. The molecule has 0 atom stereocenters. The van der Waals surface area contributed by atoms with Crippen molar-refractivity contribution in [2.75, 3.05) is 0 Å². The van der Waals surface area contributed by atoms with E-state index >= 15 is 0 Å². The summed E-state index contributed by atoms with van der Waals surface area (Å²) in [5.41, 5.74) is 5.08. The lowest BCUT2D eigenvalue weighted by atomic mass is 9.62. The lowest BCUT2D eigenvalue weighted by molar-refractivity contribution is 0.104. The minimum Gasteiger partial charge on any atom is -0.288 e. The second-order valence-electron chi connectivity index (χ2n) is 8.22. The normalized spacial score (nSPS) is 17.3. The molecule has 1 aliphatic rings. The van der Waals surface area contributed by atoms with Crippen LogP contribution in [0.25, 0.3) is 0 Å². The summed E-state index contributed by atoms with van der Waals surface area (Å²) >= 11 is 1.59. The zero-order chi connectivity index (χ0) is 19.0. The van der Waals surface area contributed by atoms with Gasteiger partial charge in [-0.25, -0.2) is 0 Å². The van der Waals surface area contributed by atoms with Gasteiger partial charge in [0.25, 0.3) is 0 Å². The summed E-state index contributed by atoms with van der Waals surface area (Å²) in [6, 6.07) is 8.43. The Kier molecular flexibility index (Phi) is 5.63. The van der Waals surface area contributed by atoms with E-state index in [1.54, 1.807) is 11.3 Å². The number of ketones is 1. The largest absolute Gasteiger partial charge is 0.288 e. The molecule has 0 bridgehead atoms. The molecular weight excluding hydrogens is 324 g/mol. The molecule has 2 aromatic rings. The van der Waals surface area contributed by atoms with Gasteiger partial charge in [-0.1, -0.05) is 47.6 Å². The highest BCUT2D eigenvalue weighted by Crippen LogP contribution is 2.46. The summed E-state index contributed by atoms with van der Waals surface area (Å²) in [7, 11) is 0.